The SMILES string of the molecule is Cc1ccc(-c2[nH]nc(N)c2C(C)C)cc1Cl. The maximum Gasteiger partial charge on any atom is 0.149 e. The Morgan fingerprint density at radius 2 is 2.06 bits per heavy atom. The molecule has 1 heterocycles. The standard InChI is InChI=1S/C13H16ClN3/c1-7(2)11-12(16-17-13(11)15)9-5-4-8(3)10(14)6-9/h4-7H,1-3H3,(H3,15,16,17). The van der Waals surface area contributed by atoms with E-state index in [1.54, 1.807) is 0 Å². The van der Waals surface area contributed by atoms with Crippen molar-refractivity contribution in [2.45, 2.75) is 26.7 Å². The molecule has 0 saturated carbocycles. The molecule has 0 amide bonds. The molecule has 0 fully saturated rings. The molecule has 0 atom stereocenters. The summed E-state index contributed by atoms with van der Waals surface area (Å²) in [6.45, 7) is 6.18. The third-order valence-electron chi connectivity index (χ3n) is 2.87. The predicted octanol–water partition coefficient (Wildman–Crippen LogP) is 3.74. The molecule has 0 bridgehead atoms. The van der Waals surface area contributed by atoms with Gasteiger partial charge in [-0.15, -0.1) is 0 Å². The number of nitrogens with zero attached hydrogens (tertiary/aromatic N) is 1. The highest BCUT2D eigenvalue weighted by molar-refractivity contribution is 6.31. The van der Waals surface area contributed by atoms with Crippen LogP contribution in [0.3, 0.4) is 0 Å². The number of anilines is 1. The Kier molecular flexibility index (Phi) is 3.11. The van der Waals surface area contributed by atoms with Crippen LogP contribution in [0.25, 0.3) is 11.3 Å². The Morgan fingerprint density at radius 1 is 1.35 bits per heavy atom. The van der Waals surface area contributed by atoms with Crippen molar-refractivity contribution in [1.29, 1.82) is 0 Å². The molecule has 0 aliphatic rings. The Morgan fingerprint density at radius 3 is 2.65 bits per heavy atom. The van der Waals surface area contributed by atoms with E-state index in [0.29, 0.717) is 11.7 Å². The van der Waals surface area contributed by atoms with Crippen molar-refractivity contribution in [3.8, 4) is 11.3 Å². The first-order chi connectivity index (χ1) is 8.00. The van der Waals surface area contributed by atoms with E-state index in [0.717, 1.165) is 27.4 Å². The number of rotatable bonds is 2. The molecule has 0 aliphatic carbocycles. The van der Waals surface area contributed by atoms with Crippen LogP contribution in [0.15, 0.2) is 18.2 Å². The zero-order valence-corrected chi connectivity index (χ0v) is 11.0. The van der Waals surface area contributed by atoms with Crippen molar-refractivity contribution < 1.29 is 0 Å². The number of hydrogen-bond acceptors (Lipinski definition) is 2. The van der Waals surface area contributed by atoms with Gasteiger partial charge in [-0.25, -0.2) is 0 Å². The maximum absolute atomic E-state index is 6.14. The van der Waals surface area contributed by atoms with Gasteiger partial charge in [-0.2, -0.15) is 5.10 Å². The lowest BCUT2D eigenvalue weighted by Gasteiger charge is -2.08. The topological polar surface area (TPSA) is 54.7 Å². The summed E-state index contributed by atoms with van der Waals surface area (Å²) in [5.41, 5.74) is 9.96. The summed E-state index contributed by atoms with van der Waals surface area (Å²) in [5, 5.41) is 7.82. The van der Waals surface area contributed by atoms with E-state index in [9.17, 15) is 0 Å². The first-order valence-electron chi connectivity index (χ1n) is 5.61. The van der Waals surface area contributed by atoms with Gasteiger partial charge in [0.1, 0.15) is 5.82 Å². The Bertz CT molecular complexity index is 544. The maximum atomic E-state index is 6.14. The van der Waals surface area contributed by atoms with Gasteiger partial charge in [-0.05, 0) is 24.5 Å². The first-order valence-corrected chi connectivity index (χ1v) is 5.98. The third kappa shape index (κ3) is 2.15. The summed E-state index contributed by atoms with van der Waals surface area (Å²) in [5.74, 6) is 0.885. The Labute approximate surface area is 106 Å². The van der Waals surface area contributed by atoms with E-state index in [2.05, 4.69) is 24.0 Å². The molecule has 3 nitrogen and oxygen atoms in total. The third-order valence-corrected chi connectivity index (χ3v) is 3.28. The lowest BCUT2D eigenvalue weighted by molar-refractivity contribution is 0.873. The van der Waals surface area contributed by atoms with Crippen molar-refractivity contribution >= 4 is 17.4 Å². The minimum atomic E-state index is 0.323. The summed E-state index contributed by atoms with van der Waals surface area (Å²) in [6.07, 6.45) is 0. The minimum Gasteiger partial charge on any atom is -0.382 e. The van der Waals surface area contributed by atoms with Gasteiger partial charge in [0.2, 0.25) is 0 Å². The van der Waals surface area contributed by atoms with Crippen molar-refractivity contribution in [1.82, 2.24) is 10.2 Å². The van der Waals surface area contributed by atoms with Crippen molar-refractivity contribution in [2.24, 2.45) is 0 Å². The number of H-pyrrole nitrogens is 1. The quantitative estimate of drug-likeness (QED) is 0.852. The fourth-order valence-electron chi connectivity index (χ4n) is 1.92. The van der Waals surface area contributed by atoms with Gasteiger partial charge in [0.25, 0.3) is 0 Å². The van der Waals surface area contributed by atoms with Crippen LogP contribution in [0.1, 0.15) is 30.9 Å². The van der Waals surface area contributed by atoms with Gasteiger partial charge in [-0.1, -0.05) is 37.6 Å². The highest BCUT2D eigenvalue weighted by Crippen LogP contribution is 2.33. The lowest BCUT2D eigenvalue weighted by atomic mass is 9.98. The number of aromatic nitrogens is 2. The summed E-state index contributed by atoms with van der Waals surface area (Å²) in [7, 11) is 0. The van der Waals surface area contributed by atoms with Gasteiger partial charge in [0, 0.05) is 16.1 Å². The van der Waals surface area contributed by atoms with Crippen LogP contribution in [0.5, 0.6) is 0 Å². The van der Waals surface area contributed by atoms with Gasteiger partial charge in [0.15, 0.2) is 0 Å². The molecule has 90 valence electrons. The molecule has 17 heavy (non-hydrogen) atoms. The van der Waals surface area contributed by atoms with Crippen molar-refractivity contribution in [3.63, 3.8) is 0 Å². The number of benzene rings is 1. The molecular weight excluding hydrogens is 234 g/mol. The van der Waals surface area contributed by atoms with Crippen LogP contribution in [0.4, 0.5) is 5.82 Å². The molecule has 2 aromatic rings. The number of hydrogen-bond donors (Lipinski definition) is 2. The molecule has 1 aromatic carbocycles. The minimum absolute atomic E-state index is 0.323. The van der Waals surface area contributed by atoms with Crippen molar-refractivity contribution in [2.75, 3.05) is 5.73 Å². The van der Waals surface area contributed by atoms with E-state index in [1.807, 2.05) is 25.1 Å². The number of nitrogens with one attached hydrogen (secondary N) is 1. The number of halogens is 1. The van der Waals surface area contributed by atoms with E-state index in [4.69, 9.17) is 17.3 Å². The van der Waals surface area contributed by atoms with E-state index in [1.165, 1.54) is 0 Å². The Balaban J connectivity index is 2.56. The molecular formula is C13H16ClN3. The summed E-state index contributed by atoms with van der Waals surface area (Å²) in [4.78, 5) is 0. The molecule has 3 N–H and O–H groups in total. The highest BCUT2D eigenvalue weighted by atomic mass is 35.5. The monoisotopic (exact) mass is 249 g/mol. The van der Waals surface area contributed by atoms with Gasteiger partial charge >= 0.3 is 0 Å². The van der Waals surface area contributed by atoms with Crippen molar-refractivity contribution in [3.05, 3.63) is 34.3 Å². The summed E-state index contributed by atoms with van der Waals surface area (Å²) < 4.78 is 0. The average molecular weight is 250 g/mol. The molecule has 1 aromatic heterocycles. The molecule has 0 saturated heterocycles. The van der Waals surface area contributed by atoms with Gasteiger partial charge < -0.3 is 5.73 Å². The van der Waals surface area contributed by atoms with Crippen LogP contribution in [0, 0.1) is 6.92 Å². The molecule has 0 aliphatic heterocycles. The molecule has 0 spiro atoms. The highest BCUT2D eigenvalue weighted by Gasteiger charge is 2.16. The Hall–Kier alpha value is -1.48. The second kappa shape index (κ2) is 4.41. The largest absolute Gasteiger partial charge is 0.382 e. The second-order valence-corrected chi connectivity index (χ2v) is 4.92. The smallest absolute Gasteiger partial charge is 0.149 e. The normalized spacial score (nSPS) is 11.1. The van der Waals surface area contributed by atoms with E-state index < -0.39 is 0 Å². The molecule has 0 radical (unpaired) electrons. The van der Waals surface area contributed by atoms with Crippen LogP contribution in [-0.2, 0) is 0 Å². The summed E-state index contributed by atoms with van der Waals surface area (Å²) in [6, 6.07) is 5.97. The van der Waals surface area contributed by atoms with Crippen LogP contribution in [-0.4, -0.2) is 10.2 Å². The second-order valence-electron chi connectivity index (χ2n) is 4.52. The van der Waals surface area contributed by atoms with E-state index >= 15 is 0 Å². The van der Waals surface area contributed by atoms with Gasteiger partial charge in [-0.3, -0.25) is 5.10 Å². The summed E-state index contributed by atoms with van der Waals surface area (Å²) >= 11 is 6.14. The zero-order valence-electron chi connectivity index (χ0n) is 10.2. The first kappa shape index (κ1) is 12.0. The number of aryl methyl sites for hydroxylation is 1. The van der Waals surface area contributed by atoms with Gasteiger partial charge in [0.05, 0.1) is 5.69 Å². The fourth-order valence-corrected chi connectivity index (χ4v) is 2.10. The predicted molar refractivity (Wildman–Crippen MR) is 72.3 cm³/mol. The van der Waals surface area contributed by atoms with Crippen LogP contribution in [0.2, 0.25) is 5.02 Å². The average Bonchev–Trinajstić information content (AvgIpc) is 2.64. The number of aromatic amines is 1. The lowest BCUT2D eigenvalue weighted by Crippen LogP contribution is -1.95. The zero-order chi connectivity index (χ0) is 12.6. The number of nitrogens with two attached hydrogens (primary N) is 1. The van der Waals surface area contributed by atoms with E-state index in [-0.39, 0.29) is 0 Å². The molecule has 2 rings (SSSR count). The molecule has 4 heteroatoms. The van der Waals surface area contributed by atoms with Crippen LogP contribution < -0.4 is 5.73 Å². The molecule has 0 unspecified atom stereocenters. The van der Waals surface area contributed by atoms with Crippen LogP contribution >= 0.6 is 11.6 Å². The fraction of sp³-hybridized carbons (Fsp3) is 0.308. The number of nitrogen functional groups attached to an aromatic ring is 1.